The summed E-state index contributed by atoms with van der Waals surface area (Å²) in [7, 11) is 1.70. The zero-order valence-corrected chi connectivity index (χ0v) is 21.6. The van der Waals surface area contributed by atoms with E-state index in [2.05, 4.69) is 14.9 Å². The van der Waals surface area contributed by atoms with Gasteiger partial charge in [-0.3, -0.25) is 19.0 Å². The van der Waals surface area contributed by atoms with Crippen molar-refractivity contribution in [3.05, 3.63) is 101 Å². The highest BCUT2D eigenvalue weighted by Gasteiger charge is 2.29. The minimum absolute atomic E-state index is 0.0649. The van der Waals surface area contributed by atoms with Gasteiger partial charge in [0, 0.05) is 26.3 Å². The predicted molar refractivity (Wildman–Crippen MR) is 147 cm³/mol. The van der Waals surface area contributed by atoms with E-state index in [4.69, 9.17) is 5.11 Å². The average molecular weight is 539 g/mol. The van der Waals surface area contributed by atoms with Gasteiger partial charge in [-0.1, -0.05) is 24.3 Å². The Kier molecular flexibility index (Phi) is 6.27. The van der Waals surface area contributed by atoms with Crippen molar-refractivity contribution in [2.45, 2.75) is 19.0 Å². The second-order valence-corrected chi connectivity index (χ2v) is 9.88. The second-order valence-electron chi connectivity index (χ2n) is 9.88. The minimum Gasteiger partial charge on any atom is -0.478 e. The summed E-state index contributed by atoms with van der Waals surface area (Å²) in [4.78, 5) is 47.1. The fourth-order valence-corrected chi connectivity index (χ4v) is 5.44. The molecule has 0 amide bonds. The molecule has 6 rings (SSSR count). The van der Waals surface area contributed by atoms with Gasteiger partial charge in [-0.25, -0.2) is 19.4 Å². The van der Waals surface area contributed by atoms with Gasteiger partial charge in [-0.2, -0.15) is 0 Å². The van der Waals surface area contributed by atoms with E-state index in [-0.39, 0.29) is 23.0 Å². The molecular formula is C29H26N6O5. The van der Waals surface area contributed by atoms with Gasteiger partial charge >= 0.3 is 17.6 Å². The molecule has 0 aliphatic carbocycles. The molecule has 4 heterocycles. The lowest BCUT2D eigenvalue weighted by atomic mass is 10.0. The van der Waals surface area contributed by atoms with Crippen LogP contribution in [-0.4, -0.2) is 63.8 Å². The minimum atomic E-state index is -1.02. The third kappa shape index (κ3) is 4.35. The molecule has 0 radical (unpaired) electrons. The Morgan fingerprint density at radius 3 is 2.27 bits per heavy atom. The Bertz CT molecular complexity index is 1800. The van der Waals surface area contributed by atoms with Crippen molar-refractivity contribution < 1.29 is 19.8 Å². The van der Waals surface area contributed by atoms with Crippen LogP contribution in [0.3, 0.4) is 0 Å². The number of carbonyl (C=O) groups is 2. The molecule has 202 valence electrons. The summed E-state index contributed by atoms with van der Waals surface area (Å²) < 4.78 is 5.08. The first kappa shape index (κ1) is 25.3. The summed E-state index contributed by atoms with van der Waals surface area (Å²) >= 11 is 0. The monoisotopic (exact) mass is 538 g/mol. The highest BCUT2D eigenvalue weighted by Crippen LogP contribution is 2.28. The van der Waals surface area contributed by atoms with Crippen molar-refractivity contribution in [3.8, 4) is 16.8 Å². The van der Waals surface area contributed by atoms with Crippen molar-refractivity contribution in [3.63, 3.8) is 0 Å². The Labute approximate surface area is 228 Å². The van der Waals surface area contributed by atoms with E-state index in [0.717, 1.165) is 29.6 Å². The summed E-state index contributed by atoms with van der Waals surface area (Å²) in [6.45, 7) is 1.87. The molecule has 11 heteroatoms. The first-order valence-corrected chi connectivity index (χ1v) is 12.8. The molecule has 0 unspecified atom stereocenters. The number of carboxylic acids is 2. The number of benzene rings is 2. The zero-order chi connectivity index (χ0) is 28.0. The molecular weight excluding hydrogens is 512 g/mol. The zero-order valence-electron chi connectivity index (χ0n) is 21.6. The van der Waals surface area contributed by atoms with E-state index in [0.29, 0.717) is 30.1 Å². The first-order chi connectivity index (χ1) is 19.3. The van der Waals surface area contributed by atoms with E-state index >= 15 is 0 Å². The average Bonchev–Trinajstić information content (AvgIpc) is 3.64. The van der Waals surface area contributed by atoms with E-state index < -0.39 is 11.9 Å². The van der Waals surface area contributed by atoms with Crippen LogP contribution in [0.4, 0.5) is 0 Å². The van der Waals surface area contributed by atoms with Crippen LogP contribution in [0, 0.1) is 0 Å². The Balaban J connectivity index is 1.29. The topological polar surface area (TPSA) is 135 Å². The number of imidazole rings is 2. The van der Waals surface area contributed by atoms with Crippen LogP contribution in [0.5, 0.6) is 0 Å². The maximum Gasteiger partial charge on any atom is 0.354 e. The molecule has 40 heavy (non-hydrogen) atoms. The number of aromatic carboxylic acids is 2. The van der Waals surface area contributed by atoms with E-state index in [1.165, 1.54) is 6.20 Å². The highest BCUT2D eigenvalue weighted by atomic mass is 16.4. The Morgan fingerprint density at radius 1 is 0.925 bits per heavy atom. The number of hydrogen-bond donors (Lipinski definition) is 2. The molecule has 1 aliphatic rings. The highest BCUT2D eigenvalue weighted by molar-refractivity contribution is 5.88. The van der Waals surface area contributed by atoms with Crippen LogP contribution >= 0.6 is 0 Å². The molecule has 1 aliphatic heterocycles. The Morgan fingerprint density at radius 2 is 1.62 bits per heavy atom. The summed E-state index contributed by atoms with van der Waals surface area (Å²) in [5.74, 6) is -1.33. The quantitative estimate of drug-likeness (QED) is 0.322. The van der Waals surface area contributed by atoms with E-state index in [9.17, 15) is 19.5 Å². The van der Waals surface area contributed by atoms with Gasteiger partial charge in [0.25, 0.3) is 0 Å². The fourth-order valence-electron chi connectivity index (χ4n) is 5.44. The molecule has 0 saturated carbocycles. The van der Waals surface area contributed by atoms with Gasteiger partial charge in [0.1, 0.15) is 11.5 Å². The van der Waals surface area contributed by atoms with Crippen LogP contribution < -0.4 is 5.69 Å². The number of nitrogens with zero attached hydrogens (tertiary/aromatic N) is 6. The van der Waals surface area contributed by atoms with Crippen molar-refractivity contribution in [2.75, 3.05) is 13.1 Å². The number of aromatic nitrogens is 5. The molecule has 2 N–H and O–H groups in total. The van der Waals surface area contributed by atoms with Gasteiger partial charge in [0.15, 0.2) is 0 Å². The normalized spacial score (nSPS) is 15.6. The van der Waals surface area contributed by atoms with Gasteiger partial charge in [0.2, 0.25) is 0 Å². The molecule has 3 aromatic heterocycles. The maximum absolute atomic E-state index is 13.9. The largest absolute Gasteiger partial charge is 0.478 e. The molecule has 2 aromatic carbocycles. The summed E-state index contributed by atoms with van der Waals surface area (Å²) in [5, 5.41) is 18.5. The van der Waals surface area contributed by atoms with Crippen LogP contribution in [0.1, 0.15) is 39.1 Å². The van der Waals surface area contributed by atoms with Crippen LogP contribution in [0.2, 0.25) is 0 Å². The van der Waals surface area contributed by atoms with Gasteiger partial charge < -0.3 is 14.8 Å². The summed E-state index contributed by atoms with van der Waals surface area (Å²) in [5.41, 5.74) is 4.20. The number of carboxylic acid groups (broad SMARTS) is 2. The van der Waals surface area contributed by atoms with E-state index in [1.54, 1.807) is 52.8 Å². The smallest absolute Gasteiger partial charge is 0.354 e. The molecule has 5 aromatic rings. The van der Waals surface area contributed by atoms with Crippen molar-refractivity contribution in [2.24, 2.45) is 7.05 Å². The summed E-state index contributed by atoms with van der Waals surface area (Å²) in [6, 6.07) is 16.0. The molecule has 1 atom stereocenters. The van der Waals surface area contributed by atoms with Crippen LogP contribution in [0.15, 0.2) is 78.0 Å². The number of likely N-dealkylation sites (tertiary alicyclic amines) is 1. The predicted octanol–water partition coefficient (Wildman–Crippen LogP) is 3.43. The van der Waals surface area contributed by atoms with Crippen LogP contribution in [0.25, 0.3) is 27.8 Å². The number of rotatable bonds is 7. The standard InChI is InChI=1S/C29H26N6O5/c1-32-25(28(38)39)15-31-26(32)17-33-13-11-22(16-33)35-23-10-12-30-14-24(23)34(29(35)40)21-8-6-19(7-9-21)18-2-4-20(5-3-18)27(36)37/h2-10,12,14-15,22H,11,13,16-17H2,1H3,(H,36,37)(H,38,39)/t22-/m0/s1. The second kappa shape index (κ2) is 9.93. The van der Waals surface area contributed by atoms with Crippen molar-refractivity contribution in [1.82, 2.24) is 28.6 Å². The molecule has 1 saturated heterocycles. The van der Waals surface area contributed by atoms with Crippen molar-refractivity contribution >= 4 is 23.0 Å². The molecule has 11 nitrogen and oxygen atoms in total. The third-order valence-corrected chi connectivity index (χ3v) is 7.55. The summed E-state index contributed by atoms with van der Waals surface area (Å²) in [6.07, 6.45) is 5.51. The number of fused-ring (bicyclic) bond motifs is 1. The SMILES string of the molecule is Cn1c(C(=O)O)cnc1CN1CC[C@H](n2c(=O)n(-c3ccc(-c4ccc(C(=O)O)cc4)cc3)c3cnccc32)C1. The third-order valence-electron chi connectivity index (χ3n) is 7.55. The Hall–Kier alpha value is -5.03. The maximum atomic E-state index is 13.9. The van der Waals surface area contributed by atoms with Crippen LogP contribution in [-0.2, 0) is 13.6 Å². The lowest BCUT2D eigenvalue weighted by molar-refractivity contribution is 0.0679. The lowest BCUT2D eigenvalue weighted by Crippen LogP contribution is -2.29. The number of hydrogen-bond acceptors (Lipinski definition) is 6. The van der Waals surface area contributed by atoms with Gasteiger partial charge in [-0.05, 0) is 47.9 Å². The van der Waals surface area contributed by atoms with Crippen molar-refractivity contribution in [1.29, 1.82) is 0 Å². The first-order valence-electron chi connectivity index (χ1n) is 12.8. The van der Waals surface area contributed by atoms with E-state index in [1.807, 2.05) is 34.9 Å². The van der Waals surface area contributed by atoms with Gasteiger partial charge in [-0.15, -0.1) is 0 Å². The number of pyridine rings is 1. The molecule has 0 spiro atoms. The molecule has 0 bridgehead atoms. The lowest BCUT2D eigenvalue weighted by Gasteiger charge is -2.16. The van der Waals surface area contributed by atoms with Gasteiger partial charge in [0.05, 0.1) is 47.3 Å². The fraction of sp³-hybridized carbons (Fsp3) is 0.207. The molecule has 1 fully saturated rings.